The Hall–Kier alpha value is -1.95. The standard InChI is InChI=1S/C17H25N3O3/c1-2-3-6-15(21)20-14(10-12-5-4-9-18-11-12)16(22)17(23)19-13-7-8-13/h4-5,9,11,13-14,16,22H,2-3,6-8,10H2,1H3,(H,19,23)(H,20,21)/t14-,16?/m0/s1. The largest absolute Gasteiger partial charge is 0.381 e. The molecule has 6 nitrogen and oxygen atoms in total. The number of unbranched alkanes of at least 4 members (excludes halogenated alkanes) is 1. The number of rotatable bonds is 9. The Labute approximate surface area is 136 Å². The highest BCUT2D eigenvalue weighted by Gasteiger charge is 2.31. The Morgan fingerprint density at radius 3 is 2.83 bits per heavy atom. The third kappa shape index (κ3) is 5.98. The molecule has 6 heteroatoms. The zero-order valence-corrected chi connectivity index (χ0v) is 13.5. The van der Waals surface area contributed by atoms with Crippen LogP contribution < -0.4 is 10.6 Å². The van der Waals surface area contributed by atoms with Gasteiger partial charge in [0.1, 0.15) is 0 Å². The number of nitrogens with zero attached hydrogens (tertiary/aromatic N) is 1. The molecule has 1 aromatic heterocycles. The second-order valence-electron chi connectivity index (χ2n) is 6.07. The van der Waals surface area contributed by atoms with Crippen molar-refractivity contribution in [3.63, 3.8) is 0 Å². The van der Waals surface area contributed by atoms with Crippen molar-refractivity contribution in [2.45, 2.75) is 63.6 Å². The lowest BCUT2D eigenvalue weighted by Gasteiger charge is -2.23. The summed E-state index contributed by atoms with van der Waals surface area (Å²) in [6.07, 6.45) is 6.46. The Morgan fingerprint density at radius 1 is 1.43 bits per heavy atom. The van der Waals surface area contributed by atoms with Gasteiger partial charge >= 0.3 is 0 Å². The zero-order valence-electron chi connectivity index (χ0n) is 13.5. The van der Waals surface area contributed by atoms with Crippen LogP contribution in [-0.2, 0) is 16.0 Å². The summed E-state index contributed by atoms with van der Waals surface area (Å²) in [5.41, 5.74) is 0.867. The highest BCUT2D eigenvalue weighted by molar-refractivity contribution is 5.83. The maximum absolute atomic E-state index is 12.1. The Balaban J connectivity index is 1.99. The minimum Gasteiger partial charge on any atom is -0.381 e. The molecule has 1 aromatic rings. The van der Waals surface area contributed by atoms with Gasteiger partial charge in [-0.3, -0.25) is 14.6 Å². The number of carbonyl (C=O) groups is 2. The predicted octanol–water partition coefficient (Wildman–Crippen LogP) is 0.939. The lowest BCUT2D eigenvalue weighted by Crippen LogP contribution is -2.52. The average molecular weight is 319 g/mol. The van der Waals surface area contributed by atoms with E-state index in [-0.39, 0.29) is 11.9 Å². The minimum absolute atomic E-state index is 0.140. The fourth-order valence-electron chi connectivity index (χ4n) is 2.33. The lowest BCUT2D eigenvalue weighted by molar-refractivity contribution is -0.132. The van der Waals surface area contributed by atoms with Crippen LogP contribution in [0.5, 0.6) is 0 Å². The van der Waals surface area contributed by atoms with Crippen molar-refractivity contribution < 1.29 is 14.7 Å². The van der Waals surface area contributed by atoms with Gasteiger partial charge in [-0.1, -0.05) is 19.4 Å². The predicted molar refractivity (Wildman–Crippen MR) is 86.6 cm³/mol. The van der Waals surface area contributed by atoms with Crippen LogP contribution in [0, 0.1) is 0 Å². The summed E-state index contributed by atoms with van der Waals surface area (Å²) >= 11 is 0. The molecular weight excluding hydrogens is 294 g/mol. The van der Waals surface area contributed by atoms with E-state index in [1.54, 1.807) is 18.5 Å². The van der Waals surface area contributed by atoms with Crippen molar-refractivity contribution in [3.8, 4) is 0 Å². The maximum Gasteiger partial charge on any atom is 0.251 e. The number of pyridine rings is 1. The van der Waals surface area contributed by atoms with Crippen molar-refractivity contribution in [2.24, 2.45) is 0 Å². The van der Waals surface area contributed by atoms with E-state index in [4.69, 9.17) is 0 Å². The summed E-state index contributed by atoms with van der Waals surface area (Å²) in [5.74, 6) is -0.559. The summed E-state index contributed by atoms with van der Waals surface area (Å²) in [7, 11) is 0. The molecule has 3 N–H and O–H groups in total. The van der Waals surface area contributed by atoms with E-state index in [1.807, 2.05) is 13.0 Å². The average Bonchev–Trinajstić information content (AvgIpc) is 3.36. The second-order valence-corrected chi connectivity index (χ2v) is 6.07. The molecule has 2 atom stereocenters. The van der Waals surface area contributed by atoms with Crippen LogP contribution in [0.3, 0.4) is 0 Å². The first-order valence-corrected chi connectivity index (χ1v) is 8.27. The fourth-order valence-corrected chi connectivity index (χ4v) is 2.33. The first-order chi connectivity index (χ1) is 11.1. The van der Waals surface area contributed by atoms with Crippen LogP contribution in [0.4, 0.5) is 0 Å². The maximum atomic E-state index is 12.1. The van der Waals surface area contributed by atoms with Crippen LogP contribution in [0.25, 0.3) is 0 Å². The molecule has 1 fully saturated rings. The van der Waals surface area contributed by atoms with Gasteiger partial charge in [0.05, 0.1) is 6.04 Å². The van der Waals surface area contributed by atoms with Crippen molar-refractivity contribution in [2.75, 3.05) is 0 Å². The molecule has 0 bridgehead atoms. The quantitative estimate of drug-likeness (QED) is 0.632. The molecule has 1 unspecified atom stereocenters. The molecule has 1 aliphatic rings. The molecular formula is C17H25N3O3. The van der Waals surface area contributed by atoms with Gasteiger partial charge in [-0.15, -0.1) is 0 Å². The Bertz CT molecular complexity index is 517. The van der Waals surface area contributed by atoms with E-state index in [0.29, 0.717) is 12.8 Å². The summed E-state index contributed by atoms with van der Waals surface area (Å²) < 4.78 is 0. The molecule has 126 valence electrons. The summed E-state index contributed by atoms with van der Waals surface area (Å²) in [6, 6.07) is 3.18. The molecule has 1 heterocycles. The fraction of sp³-hybridized carbons (Fsp3) is 0.588. The van der Waals surface area contributed by atoms with Gasteiger partial charge in [0.25, 0.3) is 5.91 Å². The first-order valence-electron chi connectivity index (χ1n) is 8.27. The number of aromatic nitrogens is 1. The monoisotopic (exact) mass is 319 g/mol. The molecule has 2 rings (SSSR count). The van der Waals surface area contributed by atoms with Crippen LogP contribution in [-0.4, -0.2) is 40.1 Å². The second kappa shape index (κ2) is 8.62. The third-order valence-corrected chi connectivity index (χ3v) is 3.86. The zero-order chi connectivity index (χ0) is 16.7. The normalized spacial score (nSPS) is 16.4. The molecule has 1 saturated carbocycles. The molecule has 1 aliphatic carbocycles. The molecule has 0 spiro atoms. The first kappa shape index (κ1) is 17.4. The molecule has 0 aromatic carbocycles. The Kier molecular flexibility index (Phi) is 6.52. The van der Waals surface area contributed by atoms with Crippen molar-refractivity contribution >= 4 is 11.8 Å². The van der Waals surface area contributed by atoms with Gasteiger partial charge in [-0.2, -0.15) is 0 Å². The molecule has 2 amide bonds. The van der Waals surface area contributed by atoms with E-state index >= 15 is 0 Å². The topological polar surface area (TPSA) is 91.3 Å². The summed E-state index contributed by atoms with van der Waals surface area (Å²) in [5, 5.41) is 15.9. The Morgan fingerprint density at radius 2 is 2.22 bits per heavy atom. The van der Waals surface area contributed by atoms with Crippen molar-refractivity contribution in [1.82, 2.24) is 15.6 Å². The van der Waals surface area contributed by atoms with Crippen LogP contribution in [0.1, 0.15) is 44.6 Å². The van der Waals surface area contributed by atoms with Gasteiger partial charge < -0.3 is 15.7 Å². The number of aliphatic hydroxyl groups is 1. The van der Waals surface area contributed by atoms with Gasteiger partial charge in [-0.25, -0.2) is 0 Å². The van der Waals surface area contributed by atoms with E-state index in [2.05, 4.69) is 15.6 Å². The van der Waals surface area contributed by atoms with E-state index in [0.717, 1.165) is 31.2 Å². The number of hydrogen-bond acceptors (Lipinski definition) is 4. The number of aliphatic hydroxyl groups excluding tert-OH is 1. The van der Waals surface area contributed by atoms with Crippen LogP contribution in [0.2, 0.25) is 0 Å². The number of amides is 2. The smallest absolute Gasteiger partial charge is 0.251 e. The van der Waals surface area contributed by atoms with Crippen molar-refractivity contribution in [3.05, 3.63) is 30.1 Å². The van der Waals surface area contributed by atoms with Gasteiger partial charge in [-0.05, 0) is 37.3 Å². The molecule has 0 saturated heterocycles. The number of carbonyl (C=O) groups excluding carboxylic acids is 2. The molecule has 0 radical (unpaired) electrons. The van der Waals surface area contributed by atoms with Crippen LogP contribution in [0.15, 0.2) is 24.5 Å². The summed E-state index contributed by atoms with van der Waals surface area (Å²) in [6.45, 7) is 2.01. The highest BCUT2D eigenvalue weighted by Crippen LogP contribution is 2.19. The number of nitrogens with one attached hydrogen (secondary N) is 2. The van der Waals surface area contributed by atoms with Gasteiger partial charge in [0, 0.05) is 24.9 Å². The number of hydrogen-bond donors (Lipinski definition) is 3. The summed E-state index contributed by atoms with van der Waals surface area (Å²) in [4.78, 5) is 28.1. The molecule has 23 heavy (non-hydrogen) atoms. The minimum atomic E-state index is -1.26. The van der Waals surface area contributed by atoms with E-state index in [1.165, 1.54) is 0 Å². The van der Waals surface area contributed by atoms with Crippen molar-refractivity contribution in [1.29, 1.82) is 0 Å². The highest BCUT2D eigenvalue weighted by atomic mass is 16.3. The van der Waals surface area contributed by atoms with Gasteiger partial charge in [0.15, 0.2) is 6.10 Å². The van der Waals surface area contributed by atoms with E-state index in [9.17, 15) is 14.7 Å². The SMILES string of the molecule is CCCCC(=O)N[C@@H](Cc1cccnc1)C(O)C(=O)NC1CC1. The third-order valence-electron chi connectivity index (χ3n) is 3.86. The van der Waals surface area contributed by atoms with E-state index < -0.39 is 18.1 Å². The van der Waals surface area contributed by atoms with Gasteiger partial charge in [0.2, 0.25) is 5.91 Å². The van der Waals surface area contributed by atoms with Crippen LogP contribution >= 0.6 is 0 Å². The molecule has 0 aliphatic heterocycles. The lowest BCUT2D eigenvalue weighted by atomic mass is 10.0.